The van der Waals surface area contributed by atoms with Crippen LogP contribution in [0, 0.1) is 11.8 Å². The molecule has 0 spiro atoms. The summed E-state index contributed by atoms with van der Waals surface area (Å²) in [5.74, 6) is 0.848. The monoisotopic (exact) mass is 217 g/mol. The van der Waals surface area contributed by atoms with Crippen LogP contribution in [0.15, 0.2) is 0 Å². The van der Waals surface area contributed by atoms with Gasteiger partial charge in [0.1, 0.15) is 6.61 Å². The predicted octanol–water partition coefficient (Wildman–Crippen LogP) is 0.794. The van der Waals surface area contributed by atoms with Crippen molar-refractivity contribution in [1.29, 1.82) is 0 Å². The third kappa shape index (κ3) is 8.39. The molecule has 1 unspecified atom stereocenters. The van der Waals surface area contributed by atoms with E-state index in [4.69, 9.17) is 9.84 Å². The Morgan fingerprint density at radius 2 is 2.13 bits per heavy atom. The number of methoxy groups -OCH3 is 1. The minimum absolute atomic E-state index is 0.0933. The molecule has 0 aliphatic heterocycles. The molecule has 4 heteroatoms. The number of carbonyl (C=O) groups is 1. The Morgan fingerprint density at radius 1 is 1.47 bits per heavy atom. The highest BCUT2D eigenvalue weighted by Gasteiger charge is 2.11. The van der Waals surface area contributed by atoms with E-state index >= 15 is 0 Å². The van der Waals surface area contributed by atoms with E-state index in [1.54, 1.807) is 0 Å². The van der Waals surface area contributed by atoms with Gasteiger partial charge in [-0.15, -0.1) is 0 Å². The summed E-state index contributed by atoms with van der Waals surface area (Å²) in [6.45, 7) is 5.19. The van der Waals surface area contributed by atoms with Gasteiger partial charge >= 0.3 is 0 Å². The highest BCUT2D eigenvalue weighted by atomic mass is 16.5. The largest absolute Gasteiger partial charge is 0.396 e. The smallest absolute Gasteiger partial charge is 0.245 e. The summed E-state index contributed by atoms with van der Waals surface area (Å²) < 4.78 is 4.72. The Hall–Kier alpha value is -0.610. The maximum Gasteiger partial charge on any atom is 0.245 e. The van der Waals surface area contributed by atoms with Crippen LogP contribution in [-0.2, 0) is 9.53 Å². The summed E-state index contributed by atoms with van der Waals surface area (Å²) >= 11 is 0. The minimum atomic E-state index is -0.0933. The SMILES string of the molecule is COCC(=O)NCC(CCO)CC(C)C. The molecule has 0 rings (SSSR count). The molecule has 0 bridgehead atoms. The molecular weight excluding hydrogens is 194 g/mol. The van der Waals surface area contributed by atoms with Crippen molar-refractivity contribution in [3.63, 3.8) is 0 Å². The average molecular weight is 217 g/mol. The van der Waals surface area contributed by atoms with Crippen molar-refractivity contribution in [2.45, 2.75) is 26.7 Å². The van der Waals surface area contributed by atoms with Crippen LogP contribution in [0.2, 0.25) is 0 Å². The Morgan fingerprint density at radius 3 is 2.60 bits per heavy atom. The van der Waals surface area contributed by atoms with Gasteiger partial charge in [0.05, 0.1) is 0 Å². The molecule has 15 heavy (non-hydrogen) atoms. The molecule has 4 nitrogen and oxygen atoms in total. The summed E-state index contributed by atoms with van der Waals surface area (Å²) in [6.07, 6.45) is 1.76. The van der Waals surface area contributed by atoms with Crippen molar-refractivity contribution < 1.29 is 14.6 Å². The van der Waals surface area contributed by atoms with Crippen LogP contribution in [-0.4, -0.2) is 37.9 Å². The molecule has 0 saturated heterocycles. The van der Waals surface area contributed by atoms with E-state index < -0.39 is 0 Å². The van der Waals surface area contributed by atoms with Gasteiger partial charge in [-0.05, 0) is 24.7 Å². The fraction of sp³-hybridized carbons (Fsp3) is 0.909. The quantitative estimate of drug-likeness (QED) is 0.632. The molecule has 1 atom stereocenters. The second-order valence-corrected chi connectivity index (χ2v) is 4.24. The Balaban J connectivity index is 3.78. The average Bonchev–Trinajstić information content (AvgIpc) is 2.14. The first kappa shape index (κ1) is 14.4. The molecule has 1 amide bonds. The molecule has 0 aliphatic rings. The second kappa shape index (κ2) is 8.68. The van der Waals surface area contributed by atoms with Crippen LogP contribution in [0.5, 0.6) is 0 Å². The molecule has 0 aromatic carbocycles. The zero-order valence-corrected chi connectivity index (χ0v) is 9.95. The zero-order valence-electron chi connectivity index (χ0n) is 9.95. The topological polar surface area (TPSA) is 58.6 Å². The van der Waals surface area contributed by atoms with Crippen molar-refractivity contribution in [3.05, 3.63) is 0 Å². The molecule has 0 aromatic rings. The first-order valence-electron chi connectivity index (χ1n) is 5.46. The van der Waals surface area contributed by atoms with Crippen molar-refractivity contribution in [1.82, 2.24) is 5.32 Å². The molecule has 90 valence electrons. The minimum Gasteiger partial charge on any atom is -0.396 e. The second-order valence-electron chi connectivity index (χ2n) is 4.24. The lowest BCUT2D eigenvalue weighted by molar-refractivity contribution is -0.124. The number of amides is 1. The fourth-order valence-corrected chi connectivity index (χ4v) is 1.59. The van der Waals surface area contributed by atoms with Crippen LogP contribution in [0.4, 0.5) is 0 Å². The number of ether oxygens (including phenoxy) is 1. The van der Waals surface area contributed by atoms with Gasteiger partial charge in [0.2, 0.25) is 5.91 Å². The van der Waals surface area contributed by atoms with Crippen LogP contribution < -0.4 is 5.32 Å². The number of nitrogens with one attached hydrogen (secondary N) is 1. The lowest BCUT2D eigenvalue weighted by atomic mass is 9.94. The van der Waals surface area contributed by atoms with E-state index in [0.29, 0.717) is 18.4 Å². The van der Waals surface area contributed by atoms with Crippen molar-refractivity contribution in [2.75, 3.05) is 26.9 Å². The molecule has 0 radical (unpaired) electrons. The van der Waals surface area contributed by atoms with Gasteiger partial charge in [-0.25, -0.2) is 0 Å². The van der Waals surface area contributed by atoms with Gasteiger partial charge < -0.3 is 15.2 Å². The first-order chi connectivity index (χ1) is 7.10. The van der Waals surface area contributed by atoms with Gasteiger partial charge in [-0.3, -0.25) is 4.79 Å². The van der Waals surface area contributed by atoms with E-state index in [1.807, 2.05) is 0 Å². The summed E-state index contributed by atoms with van der Waals surface area (Å²) in [5.41, 5.74) is 0. The van der Waals surface area contributed by atoms with Gasteiger partial charge in [0, 0.05) is 20.3 Å². The van der Waals surface area contributed by atoms with Crippen LogP contribution in [0.3, 0.4) is 0 Å². The molecule has 2 N–H and O–H groups in total. The van der Waals surface area contributed by atoms with Gasteiger partial charge in [-0.1, -0.05) is 13.8 Å². The summed E-state index contributed by atoms with van der Waals surface area (Å²) in [5, 5.41) is 11.7. The number of aliphatic hydroxyl groups excluding tert-OH is 1. The molecular formula is C11H23NO3. The highest BCUT2D eigenvalue weighted by Crippen LogP contribution is 2.13. The number of aliphatic hydroxyl groups is 1. The Kier molecular flexibility index (Phi) is 8.33. The van der Waals surface area contributed by atoms with E-state index in [-0.39, 0.29) is 19.1 Å². The van der Waals surface area contributed by atoms with Crippen molar-refractivity contribution in [2.24, 2.45) is 11.8 Å². The van der Waals surface area contributed by atoms with E-state index in [1.165, 1.54) is 7.11 Å². The normalized spacial score (nSPS) is 12.9. The molecule has 0 fully saturated rings. The molecule has 0 aliphatic carbocycles. The first-order valence-corrected chi connectivity index (χ1v) is 5.46. The molecule has 0 heterocycles. The van der Waals surface area contributed by atoms with Crippen LogP contribution in [0.25, 0.3) is 0 Å². The fourth-order valence-electron chi connectivity index (χ4n) is 1.59. The number of hydrogen-bond donors (Lipinski definition) is 2. The summed E-state index contributed by atoms with van der Waals surface area (Å²) in [7, 11) is 1.50. The number of hydrogen-bond acceptors (Lipinski definition) is 3. The van der Waals surface area contributed by atoms with Crippen LogP contribution >= 0.6 is 0 Å². The Labute approximate surface area is 92.0 Å². The molecule has 0 aromatic heterocycles. The summed E-state index contributed by atoms with van der Waals surface area (Å²) in [4.78, 5) is 11.1. The van der Waals surface area contributed by atoms with Crippen LogP contribution in [0.1, 0.15) is 26.7 Å². The maximum atomic E-state index is 11.1. The maximum absolute atomic E-state index is 11.1. The van der Waals surface area contributed by atoms with E-state index in [9.17, 15) is 4.79 Å². The summed E-state index contributed by atoms with van der Waals surface area (Å²) in [6, 6.07) is 0. The van der Waals surface area contributed by atoms with Gasteiger partial charge in [0.15, 0.2) is 0 Å². The third-order valence-corrected chi connectivity index (χ3v) is 2.21. The Bertz CT molecular complexity index is 171. The van der Waals surface area contributed by atoms with Crippen molar-refractivity contribution in [3.8, 4) is 0 Å². The van der Waals surface area contributed by atoms with Gasteiger partial charge in [0.25, 0.3) is 0 Å². The standard InChI is InChI=1S/C11H23NO3/c1-9(2)6-10(4-5-13)7-12-11(14)8-15-3/h9-10,13H,4-8H2,1-3H3,(H,12,14). The third-order valence-electron chi connectivity index (χ3n) is 2.21. The van der Waals surface area contributed by atoms with Crippen molar-refractivity contribution >= 4 is 5.91 Å². The van der Waals surface area contributed by atoms with Gasteiger partial charge in [-0.2, -0.15) is 0 Å². The number of carbonyl (C=O) groups excluding carboxylic acids is 1. The van der Waals surface area contributed by atoms with E-state index in [0.717, 1.165) is 12.8 Å². The lowest BCUT2D eigenvalue weighted by Crippen LogP contribution is -2.32. The van der Waals surface area contributed by atoms with E-state index in [2.05, 4.69) is 19.2 Å². The zero-order chi connectivity index (χ0) is 11.7. The highest BCUT2D eigenvalue weighted by molar-refractivity contribution is 5.77. The molecule has 0 saturated carbocycles. The number of rotatable bonds is 8. The lowest BCUT2D eigenvalue weighted by Gasteiger charge is -2.18. The predicted molar refractivity (Wildman–Crippen MR) is 59.5 cm³/mol.